The summed E-state index contributed by atoms with van der Waals surface area (Å²) in [6, 6.07) is 13.8. The summed E-state index contributed by atoms with van der Waals surface area (Å²) in [7, 11) is 0. The fourth-order valence-electron chi connectivity index (χ4n) is 4.64. The highest BCUT2D eigenvalue weighted by Crippen LogP contribution is 2.37. The molecule has 0 amide bonds. The Hall–Kier alpha value is -3.00. The van der Waals surface area contributed by atoms with E-state index < -0.39 is 24.6 Å². The minimum Gasteiger partial charge on any atom is -0.550 e. The molecule has 0 fully saturated rings. The van der Waals surface area contributed by atoms with Crippen LogP contribution in [0.25, 0.3) is 11.8 Å². The maximum Gasteiger partial charge on any atom is 0.123 e. The number of carboxylic acid groups (broad SMARTS) is 1. The lowest BCUT2D eigenvalue weighted by atomic mass is 9.83. The smallest absolute Gasteiger partial charge is 0.123 e. The first-order chi connectivity index (χ1) is 16.8. The van der Waals surface area contributed by atoms with Crippen LogP contribution in [0, 0.1) is 5.82 Å². The maximum atomic E-state index is 13.6. The summed E-state index contributed by atoms with van der Waals surface area (Å²) in [5, 5.41) is 36.5. The Balaban J connectivity index is 1.68. The van der Waals surface area contributed by atoms with Crippen molar-refractivity contribution in [2.24, 2.45) is 0 Å². The highest BCUT2D eigenvalue weighted by Gasteiger charge is 2.28. The van der Waals surface area contributed by atoms with Crippen molar-refractivity contribution in [3.05, 3.63) is 88.0 Å². The van der Waals surface area contributed by atoms with E-state index in [1.807, 2.05) is 24.3 Å². The summed E-state index contributed by atoms with van der Waals surface area (Å²) in [5.41, 5.74) is 4.51. The Morgan fingerprint density at radius 1 is 1.23 bits per heavy atom. The van der Waals surface area contributed by atoms with Crippen molar-refractivity contribution in [2.75, 3.05) is 0 Å². The Morgan fingerprint density at radius 2 is 1.97 bits per heavy atom. The Kier molecular flexibility index (Phi) is 8.00. The molecule has 3 aromatic rings. The first-order valence-electron chi connectivity index (χ1n) is 11.7. The molecule has 6 nitrogen and oxygen atoms in total. The van der Waals surface area contributed by atoms with Gasteiger partial charge in [-0.15, -0.1) is 0 Å². The maximum absolute atomic E-state index is 13.6. The van der Waals surface area contributed by atoms with Crippen molar-refractivity contribution in [1.82, 2.24) is 9.78 Å². The van der Waals surface area contributed by atoms with E-state index >= 15 is 0 Å². The van der Waals surface area contributed by atoms with Crippen LogP contribution < -0.4 is 5.11 Å². The standard InChI is InChI=1S/C27H28ClFN2O4/c28-24-7-2-1-4-17(24)14-18-5-3-6-23-25(13-12-21(32)15-22(33)16-26(34)35)31(30-27(18)23)20-10-8-19(29)9-11-20/h1-2,4,7-13,18,21-22,32-33H,3,5-6,14-16H2,(H,34,35)/p-1/b13-12+/t18?,21-,22-/m1/s1. The molecule has 0 aliphatic heterocycles. The molecule has 1 aliphatic rings. The van der Waals surface area contributed by atoms with Crippen LogP contribution >= 0.6 is 11.6 Å². The van der Waals surface area contributed by atoms with E-state index in [2.05, 4.69) is 0 Å². The summed E-state index contributed by atoms with van der Waals surface area (Å²) in [4.78, 5) is 10.7. The molecular weight excluding hydrogens is 471 g/mol. The van der Waals surface area contributed by atoms with Gasteiger partial charge in [0, 0.05) is 35.3 Å². The lowest BCUT2D eigenvalue weighted by molar-refractivity contribution is -0.307. The van der Waals surface area contributed by atoms with Crippen molar-refractivity contribution < 1.29 is 24.5 Å². The molecule has 1 aliphatic carbocycles. The molecule has 184 valence electrons. The highest BCUT2D eigenvalue weighted by atomic mass is 35.5. The Morgan fingerprint density at radius 3 is 2.69 bits per heavy atom. The number of aliphatic hydroxyl groups is 2. The summed E-state index contributed by atoms with van der Waals surface area (Å²) < 4.78 is 15.3. The predicted octanol–water partition coefficient (Wildman–Crippen LogP) is 3.59. The molecule has 0 saturated heterocycles. The van der Waals surface area contributed by atoms with Crippen LogP contribution in [0.2, 0.25) is 5.02 Å². The SMILES string of the molecule is O=C([O-])C[C@H](O)C[C@H](O)/C=C/c1c2c(nn1-c1ccc(F)cc1)C(Cc1ccccc1Cl)CCC2. The third-order valence-corrected chi connectivity index (χ3v) is 6.68. The molecule has 1 aromatic heterocycles. The van der Waals surface area contributed by atoms with Gasteiger partial charge in [-0.3, -0.25) is 0 Å². The molecular formula is C27H27ClFN2O4-. The van der Waals surface area contributed by atoms with Gasteiger partial charge in [-0.1, -0.05) is 35.9 Å². The molecule has 4 rings (SSSR count). The molecule has 2 N–H and O–H groups in total. The van der Waals surface area contributed by atoms with Crippen molar-refractivity contribution in [2.45, 2.75) is 56.7 Å². The number of aliphatic carboxylic acids is 1. The van der Waals surface area contributed by atoms with Gasteiger partial charge in [0.2, 0.25) is 0 Å². The van der Waals surface area contributed by atoms with Crippen LogP contribution in [-0.2, 0) is 17.6 Å². The number of halogens is 2. The number of aliphatic hydroxyl groups excluding tert-OH is 2. The van der Waals surface area contributed by atoms with Gasteiger partial charge in [0.1, 0.15) is 5.82 Å². The number of rotatable bonds is 9. The van der Waals surface area contributed by atoms with Crippen LogP contribution in [0.15, 0.2) is 54.6 Å². The van der Waals surface area contributed by atoms with Crippen LogP contribution in [0.1, 0.15) is 54.1 Å². The highest BCUT2D eigenvalue weighted by molar-refractivity contribution is 6.31. The van der Waals surface area contributed by atoms with E-state index in [1.54, 1.807) is 22.9 Å². The lowest BCUT2D eigenvalue weighted by Gasteiger charge is -2.22. The second-order valence-electron chi connectivity index (χ2n) is 8.91. The van der Waals surface area contributed by atoms with Gasteiger partial charge in [0.15, 0.2) is 0 Å². The van der Waals surface area contributed by atoms with E-state index in [4.69, 9.17) is 16.7 Å². The van der Waals surface area contributed by atoms with Crippen LogP contribution in [0.4, 0.5) is 4.39 Å². The van der Waals surface area contributed by atoms with Crippen molar-refractivity contribution in [3.8, 4) is 5.69 Å². The predicted molar refractivity (Wildman–Crippen MR) is 130 cm³/mol. The largest absolute Gasteiger partial charge is 0.550 e. The molecule has 0 radical (unpaired) electrons. The number of nitrogens with zero attached hydrogens (tertiary/aromatic N) is 2. The Bertz CT molecular complexity index is 1210. The molecule has 1 unspecified atom stereocenters. The first-order valence-corrected chi connectivity index (χ1v) is 12.0. The molecule has 0 bridgehead atoms. The number of hydrogen-bond acceptors (Lipinski definition) is 5. The quantitative estimate of drug-likeness (QED) is 0.470. The zero-order valence-electron chi connectivity index (χ0n) is 19.1. The van der Waals surface area contributed by atoms with Crippen molar-refractivity contribution in [3.63, 3.8) is 0 Å². The second-order valence-corrected chi connectivity index (χ2v) is 9.32. The first kappa shape index (κ1) is 25.1. The zero-order chi connectivity index (χ0) is 24.9. The number of carbonyl (C=O) groups excluding carboxylic acids is 1. The van der Waals surface area contributed by atoms with Crippen LogP contribution in [-0.4, -0.2) is 38.2 Å². The molecule has 0 saturated carbocycles. The van der Waals surface area contributed by atoms with Gasteiger partial charge in [-0.05, 0) is 67.7 Å². The normalized spacial score (nSPS) is 17.3. The van der Waals surface area contributed by atoms with Crippen molar-refractivity contribution >= 4 is 23.6 Å². The molecule has 3 atom stereocenters. The molecule has 2 aromatic carbocycles. The number of aromatic nitrogens is 2. The van der Waals surface area contributed by atoms with Crippen molar-refractivity contribution in [1.29, 1.82) is 0 Å². The van der Waals surface area contributed by atoms with Gasteiger partial charge in [-0.2, -0.15) is 5.10 Å². The Labute approximate surface area is 208 Å². The van der Waals surface area contributed by atoms with Gasteiger partial charge in [0.05, 0.1) is 29.3 Å². The lowest BCUT2D eigenvalue weighted by Crippen LogP contribution is -2.29. The molecule has 0 spiro atoms. The van der Waals surface area contributed by atoms with Gasteiger partial charge in [0.25, 0.3) is 0 Å². The van der Waals surface area contributed by atoms with Gasteiger partial charge >= 0.3 is 0 Å². The third-order valence-electron chi connectivity index (χ3n) is 6.31. The van der Waals surface area contributed by atoms with E-state index in [-0.39, 0.29) is 18.2 Å². The monoisotopic (exact) mass is 497 g/mol. The fourth-order valence-corrected chi connectivity index (χ4v) is 4.85. The van der Waals surface area contributed by atoms with Gasteiger partial charge in [-0.25, -0.2) is 9.07 Å². The third kappa shape index (κ3) is 6.17. The van der Waals surface area contributed by atoms with E-state index in [0.29, 0.717) is 5.69 Å². The fraction of sp³-hybridized carbons (Fsp3) is 0.333. The topological polar surface area (TPSA) is 98.4 Å². The minimum atomic E-state index is -1.37. The number of carboxylic acids is 1. The summed E-state index contributed by atoms with van der Waals surface area (Å²) in [6.45, 7) is 0. The zero-order valence-corrected chi connectivity index (χ0v) is 19.9. The van der Waals surface area contributed by atoms with E-state index in [9.17, 15) is 24.5 Å². The summed E-state index contributed by atoms with van der Waals surface area (Å²) in [6.07, 6.45) is 3.79. The molecule has 8 heteroatoms. The summed E-state index contributed by atoms with van der Waals surface area (Å²) >= 11 is 6.41. The molecule has 35 heavy (non-hydrogen) atoms. The average Bonchev–Trinajstić information content (AvgIpc) is 3.18. The number of fused-ring (bicyclic) bond motifs is 1. The van der Waals surface area contributed by atoms with Crippen LogP contribution in [0.5, 0.6) is 0 Å². The number of benzene rings is 2. The second kappa shape index (κ2) is 11.2. The van der Waals surface area contributed by atoms with E-state index in [0.717, 1.165) is 53.2 Å². The minimum absolute atomic E-state index is 0.132. The number of carbonyl (C=O) groups is 1. The van der Waals surface area contributed by atoms with Gasteiger partial charge < -0.3 is 20.1 Å². The molecule has 1 heterocycles. The van der Waals surface area contributed by atoms with Crippen LogP contribution in [0.3, 0.4) is 0 Å². The summed E-state index contributed by atoms with van der Waals surface area (Å²) in [5.74, 6) is -1.57. The number of hydrogen-bond donors (Lipinski definition) is 2. The van der Waals surface area contributed by atoms with E-state index in [1.165, 1.54) is 18.2 Å². The average molecular weight is 498 g/mol.